The largest absolute Gasteiger partial charge is 0.324 e. The number of rotatable bonds is 3. The summed E-state index contributed by atoms with van der Waals surface area (Å²) in [4.78, 5) is 26.6. The zero-order chi connectivity index (χ0) is 13.8. The van der Waals surface area contributed by atoms with Crippen LogP contribution in [0, 0.1) is 10.1 Å². The first kappa shape index (κ1) is 13.2. The molecule has 1 aromatic carbocycles. The molecule has 0 aliphatic heterocycles. The van der Waals surface area contributed by atoms with E-state index in [1.807, 2.05) is 23.1 Å². The Labute approximate surface area is 112 Å². The van der Waals surface area contributed by atoms with Gasteiger partial charge in [-0.25, -0.2) is 0 Å². The number of non-ortho nitro benzene ring substituents is 1. The van der Waals surface area contributed by atoms with Gasteiger partial charge < -0.3 is 4.57 Å². The van der Waals surface area contributed by atoms with Crippen LogP contribution in [0.2, 0.25) is 0 Å². The number of carbonyl (C=O) groups is 1. The SMILES string of the molecule is CCn1ccsc1=NC(=O)c1ccc([N+](=O)[O-])cc1. The molecule has 0 saturated heterocycles. The Bertz CT molecular complexity index is 670. The lowest BCUT2D eigenvalue weighted by Crippen LogP contribution is -2.15. The summed E-state index contributed by atoms with van der Waals surface area (Å²) >= 11 is 1.37. The maximum atomic E-state index is 11.9. The number of amides is 1. The molecule has 7 heteroatoms. The van der Waals surface area contributed by atoms with Crippen LogP contribution in [-0.4, -0.2) is 15.4 Å². The number of thiazole rings is 1. The van der Waals surface area contributed by atoms with E-state index in [-0.39, 0.29) is 5.69 Å². The molecule has 0 aliphatic rings. The first-order chi connectivity index (χ1) is 9.11. The Kier molecular flexibility index (Phi) is 3.86. The second kappa shape index (κ2) is 5.57. The van der Waals surface area contributed by atoms with Crippen molar-refractivity contribution in [1.82, 2.24) is 4.57 Å². The van der Waals surface area contributed by atoms with E-state index in [9.17, 15) is 14.9 Å². The molecule has 19 heavy (non-hydrogen) atoms. The molecule has 0 unspecified atom stereocenters. The Hall–Kier alpha value is -2.28. The summed E-state index contributed by atoms with van der Waals surface area (Å²) in [7, 11) is 0. The van der Waals surface area contributed by atoms with E-state index in [4.69, 9.17) is 0 Å². The van der Waals surface area contributed by atoms with Gasteiger partial charge in [-0.2, -0.15) is 4.99 Å². The van der Waals surface area contributed by atoms with Crippen LogP contribution in [0.1, 0.15) is 17.3 Å². The third kappa shape index (κ3) is 2.94. The summed E-state index contributed by atoms with van der Waals surface area (Å²) in [5.74, 6) is -0.403. The van der Waals surface area contributed by atoms with Gasteiger partial charge in [0.15, 0.2) is 4.80 Å². The number of aryl methyl sites for hydroxylation is 1. The van der Waals surface area contributed by atoms with Gasteiger partial charge in [0.2, 0.25) is 0 Å². The molecule has 0 N–H and O–H groups in total. The number of nitrogens with zero attached hydrogens (tertiary/aromatic N) is 3. The van der Waals surface area contributed by atoms with Crippen LogP contribution in [0.3, 0.4) is 0 Å². The van der Waals surface area contributed by atoms with E-state index in [0.29, 0.717) is 10.4 Å². The van der Waals surface area contributed by atoms with Crippen molar-refractivity contribution in [3.8, 4) is 0 Å². The minimum atomic E-state index is -0.504. The van der Waals surface area contributed by atoms with Gasteiger partial charge in [0.25, 0.3) is 11.6 Å². The van der Waals surface area contributed by atoms with Gasteiger partial charge in [0.05, 0.1) is 4.92 Å². The van der Waals surface area contributed by atoms with Crippen LogP contribution in [-0.2, 0) is 6.54 Å². The molecule has 2 aromatic rings. The smallest absolute Gasteiger partial charge is 0.279 e. The van der Waals surface area contributed by atoms with Gasteiger partial charge in [-0.15, -0.1) is 11.3 Å². The van der Waals surface area contributed by atoms with Crippen LogP contribution in [0.15, 0.2) is 40.8 Å². The summed E-state index contributed by atoms with van der Waals surface area (Å²) in [6.45, 7) is 2.69. The number of carbonyl (C=O) groups excluding carboxylic acids is 1. The van der Waals surface area contributed by atoms with Crippen molar-refractivity contribution in [2.45, 2.75) is 13.5 Å². The quantitative estimate of drug-likeness (QED) is 0.637. The molecule has 1 aromatic heterocycles. The molecular weight excluding hydrogens is 266 g/mol. The topological polar surface area (TPSA) is 77.5 Å². The van der Waals surface area contributed by atoms with E-state index >= 15 is 0 Å². The zero-order valence-corrected chi connectivity index (χ0v) is 11.0. The minimum Gasteiger partial charge on any atom is -0.324 e. The molecular formula is C12H11N3O3S. The van der Waals surface area contributed by atoms with E-state index < -0.39 is 10.8 Å². The van der Waals surface area contributed by atoms with Crippen LogP contribution in [0.25, 0.3) is 0 Å². The molecule has 2 rings (SSSR count). The molecule has 98 valence electrons. The lowest BCUT2D eigenvalue weighted by molar-refractivity contribution is -0.384. The normalized spacial score (nSPS) is 11.5. The Balaban J connectivity index is 2.30. The van der Waals surface area contributed by atoms with E-state index in [1.165, 1.54) is 35.6 Å². The highest BCUT2D eigenvalue weighted by atomic mass is 32.1. The van der Waals surface area contributed by atoms with Gasteiger partial charge in [0.1, 0.15) is 0 Å². The molecule has 6 nitrogen and oxygen atoms in total. The number of nitro benzene ring substituents is 1. The Morgan fingerprint density at radius 1 is 1.42 bits per heavy atom. The Morgan fingerprint density at radius 3 is 2.68 bits per heavy atom. The zero-order valence-electron chi connectivity index (χ0n) is 10.1. The maximum absolute atomic E-state index is 11.9. The molecule has 0 atom stereocenters. The average molecular weight is 277 g/mol. The molecule has 0 fully saturated rings. The lowest BCUT2D eigenvalue weighted by Gasteiger charge is -1.97. The van der Waals surface area contributed by atoms with Crippen molar-refractivity contribution < 1.29 is 9.72 Å². The third-order valence-electron chi connectivity index (χ3n) is 2.52. The van der Waals surface area contributed by atoms with Gasteiger partial charge in [-0.1, -0.05) is 0 Å². The number of benzene rings is 1. The van der Waals surface area contributed by atoms with Gasteiger partial charge >= 0.3 is 0 Å². The molecule has 0 spiro atoms. The second-order valence-corrected chi connectivity index (χ2v) is 4.57. The highest BCUT2D eigenvalue weighted by Crippen LogP contribution is 2.12. The molecule has 0 aliphatic carbocycles. The number of nitro groups is 1. The van der Waals surface area contributed by atoms with Crippen LogP contribution < -0.4 is 4.80 Å². The van der Waals surface area contributed by atoms with Crippen molar-refractivity contribution >= 4 is 22.9 Å². The monoisotopic (exact) mass is 277 g/mol. The fraction of sp³-hybridized carbons (Fsp3) is 0.167. The Morgan fingerprint density at radius 2 is 2.11 bits per heavy atom. The molecule has 0 saturated carbocycles. The molecule has 1 heterocycles. The third-order valence-corrected chi connectivity index (χ3v) is 3.32. The van der Waals surface area contributed by atoms with Crippen molar-refractivity contribution in [2.24, 2.45) is 4.99 Å². The summed E-state index contributed by atoms with van der Waals surface area (Å²) < 4.78 is 1.86. The number of hydrogen-bond donors (Lipinski definition) is 0. The van der Waals surface area contributed by atoms with E-state index in [1.54, 1.807) is 0 Å². The first-order valence-electron chi connectivity index (χ1n) is 5.59. The molecule has 0 radical (unpaired) electrons. The summed E-state index contributed by atoms with van der Waals surface area (Å²) in [6, 6.07) is 5.41. The van der Waals surface area contributed by atoms with Crippen LogP contribution in [0.5, 0.6) is 0 Å². The summed E-state index contributed by atoms with van der Waals surface area (Å²) in [5, 5.41) is 12.4. The highest BCUT2D eigenvalue weighted by Gasteiger charge is 2.08. The number of aromatic nitrogens is 1. The van der Waals surface area contributed by atoms with E-state index in [2.05, 4.69) is 4.99 Å². The minimum absolute atomic E-state index is 0.0451. The van der Waals surface area contributed by atoms with Crippen molar-refractivity contribution in [3.63, 3.8) is 0 Å². The van der Waals surface area contributed by atoms with Gasteiger partial charge in [-0.05, 0) is 19.1 Å². The van der Waals surface area contributed by atoms with Crippen LogP contribution >= 0.6 is 11.3 Å². The van der Waals surface area contributed by atoms with Crippen LogP contribution in [0.4, 0.5) is 5.69 Å². The summed E-state index contributed by atoms with van der Waals surface area (Å²) in [6.07, 6.45) is 1.85. The van der Waals surface area contributed by atoms with Crippen molar-refractivity contribution in [2.75, 3.05) is 0 Å². The number of hydrogen-bond acceptors (Lipinski definition) is 4. The highest BCUT2D eigenvalue weighted by molar-refractivity contribution is 7.07. The predicted octanol–water partition coefficient (Wildman–Crippen LogP) is 2.22. The lowest BCUT2D eigenvalue weighted by atomic mass is 10.2. The molecule has 1 amide bonds. The van der Waals surface area contributed by atoms with E-state index in [0.717, 1.165) is 6.54 Å². The predicted molar refractivity (Wildman–Crippen MR) is 71.0 cm³/mol. The van der Waals surface area contributed by atoms with Gasteiger partial charge in [-0.3, -0.25) is 14.9 Å². The standard InChI is InChI=1S/C12H11N3O3S/c1-2-14-7-8-19-12(14)13-11(16)9-3-5-10(6-4-9)15(17)18/h3-8H,2H2,1H3. The first-order valence-corrected chi connectivity index (χ1v) is 6.47. The molecule has 0 bridgehead atoms. The van der Waals surface area contributed by atoms with Crippen molar-refractivity contribution in [1.29, 1.82) is 0 Å². The maximum Gasteiger partial charge on any atom is 0.279 e. The second-order valence-electron chi connectivity index (χ2n) is 3.69. The fourth-order valence-corrected chi connectivity index (χ4v) is 2.30. The van der Waals surface area contributed by atoms with Gasteiger partial charge in [0, 0.05) is 35.8 Å². The van der Waals surface area contributed by atoms with Crippen molar-refractivity contribution in [3.05, 3.63) is 56.3 Å². The summed E-state index contributed by atoms with van der Waals surface area (Å²) in [5.41, 5.74) is 0.290. The average Bonchev–Trinajstić information content (AvgIpc) is 2.86. The fourth-order valence-electron chi connectivity index (χ4n) is 1.50.